The van der Waals surface area contributed by atoms with E-state index in [1.807, 2.05) is 40.7 Å². The SMILES string of the molecule is Cn1cc(-c2cn3nccc3c(-c3cnn(C4(CC#N)CN(S(=O)C5CC5)C4)c3)n2)cn1. The molecule has 4 aromatic rings. The van der Waals surface area contributed by atoms with Crippen LogP contribution in [0.3, 0.4) is 0 Å². The molecule has 32 heavy (non-hydrogen) atoms. The lowest BCUT2D eigenvalue weighted by molar-refractivity contribution is 0.0763. The van der Waals surface area contributed by atoms with E-state index in [9.17, 15) is 9.47 Å². The maximum Gasteiger partial charge on any atom is 0.103 e. The van der Waals surface area contributed by atoms with Gasteiger partial charge in [-0.05, 0) is 18.9 Å². The van der Waals surface area contributed by atoms with E-state index in [4.69, 9.17) is 4.98 Å². The monoisotopic (exact) mass is 447 g/mol. The van der Waals surface area contributed by atoms with Crippen molar-refractivity contribution in [2.24, 2.45) is 7.05 Å². The molecule has 2 aliphatic rings. The molecule has 5 heterocycles. The van der Waals surface area contributed by atoms with Crippen molar-refractivity contribution in [2.45, 2.75) is 30.1 Å². The summed E-state index contributed by atoms with van der Waals surface area (Å²) in [6, 6.07) is 4.21. The number of nitriles is 1. The summed E-state index contributed by atoms with van der Waals surface area (Å²) in [6.07, 6.45) is 13.4. The van der Waals surface area contributed by atoms with Crippen LogP contribution in [0, 0.1) is 11.3 Å². The van der Waals surface area contributed by atoms with Crippen molar-refractivity contribution in [3.63, 3.8) is 0 Å². The predicted octanol–water partition coefficient (Wildman–Crippen LogP) is 1.74. The summed E-state index contributed by atoms with van der Waals surface area (Å²) in [5.41, 5.74) is 3.68. The highest BCUT2D eigenvalue weighted by Gasteiger charge is 2.50. The molecular weight excluding hydrogens is 426 g/mol. The van der Waals surface area contributed by atoms with E-state index in [0.29, 0.717) is 19.5 Å². The van der Waals surface area contributed by atoms with Gasteiger partial charge in [-0.25, -0.2) is 18.0 Å². The third kappa shape index (κ3) is 3.06. The van der Waals surface area contributed by atoms with Gasteiger partial charge >= 0.3 is 0 Å². The number of hydrogen-bond acceptors (Lipinski definition) is 6. The average Bonchev–Trinajstić information content (AvgIpc) is 3.14. The lowest BCUT2D eigenvalue weighted by Crippen LogP contribution is -2.63. The third-order valence-corrected chi connectivity index (χ3v) is 7.95. The second kappa shape index (κ2) is 7.08. The highest BCUT2D eigenvalue weighted by molar-refractivity contribution is 7.83. The van der Waals surface area contributed by atoms with Crippen molar-refractivity contribution in [3.05, 3.63) is 43.2 Å². The minimum atomic E-state index is -0.956. The van der Waals surface area contributed by atoms with Crippen molar-refractivity contribution in [1.82, 2.24) is 38.5 Å². The van der Waals surface area contributed by atoms with Crippen LogP contribution >= 0.6 is 0 Å². The first-order chi connectivity index (χ1) is 15.6. The summed E-state index contributed by atoms with van der Waals surface area (Å²) < 4.78 is 19.9. The van der Waals surface area contributed by atoms with Gasteiger partial charge in [-0.3, -0.25) is 9.36 Å². The lowest BCUT2D eigenvalue weighted by Gasteiger charge is -2.47. The van der Waals surface area contributed by atoms with E-state index >= 15 is 0 Å². The Labute approximate surface area is 186 Å². The van der Waals surface area contributed by atoms with Crippen LogP contribution in [0.15, 0.2) is 43.2 Å². The Morgan fingerprint density at radius 2 is 1.97 bits per heavy atom. The summed E-state index contributed by atoms with van der Waals surface area (Å²) in [7, 11) is 0.912. The summed E-state index contributed by atoms with van der Waals surface area (Å²) in [4.78, 5) is 4.90. The number of aromatic nitrogens is 7. The van der Waals surface area contributed by atoms with Gasteiger partial charge in [0, 0.05) is 48.9 Å². The number of rotatable bonds is 6. The molecule has 1 atom stereocenters. The fourth-order valence-corrected chi connectivity index (χ4v) is 5.94. The summed E-state index contributed by atoms with van der Waals surface area (Å²) in [5, 5.41) is 23.0. The van der Waals surface area contributed by atoms with Crippen LogP contribution in [0.2, 0.25) is 0 Å². The molecule has 0 aromatic carbocycles. The molecule has 10 nitrogen and oxygen atoms in total. The second-order valence-electron chi connectivity index (χ2n) is 8.54. The van der Waals surface area contributed by atoms with Gasteiger partial charge in [0.05, 0.1) is 65.2 Å². The Bertz CT molecular complexity index is 1380. The minimum Gasteiger partial charge on any atom is -0.275 e. The van der Waals surface area contributed by atoms with Crippen LogP contribution < -0.4 is 0 Å². The lowest BCUT2D eigenvalue weighted by atomic mass is 9.89. The Kier molecular flexibility index (Phi) is 4.28. The largest absolute Gasteiger partial charge is 0.275 e. The molecular formula is C21H21N9OS. The highest BCUT2D eigenvalue weighted by Crippen LogP contribution is 2.38. The first kappa shape index (κ1) is 19.3. The van der Waals surface area contributed by atoms with Gasteiger partial charge in [0.1, 0.15) is 5.54 Å². The average molecular weight is 448 g/mol. The predicted molar refractivity (Wildman–Crippen MR) is 117 cm³/mol. The quantitative estimate of drug-likeness (QED) is 0.445. The van der Waals surface area contributed by atoms with E-state index in [2.05, 4.69) is 21.4 Å². The fraction of sp³-hybridized carbons (Fsp3) is 0.381. The molecule has 11 heteroatoms. The minimum absolute atomic E-state index is 0.290. The number of fused-ring (bicyclic) bond motifs is 1. The van der Waals surface area contributed by atoms with Gasteiger partial charge in [0.15, 0.2) is 0 Å². The molecule has 2 fully saturated rings. The smallest absolute Gasteiger partial charge is 0.103 e. The standard InChI is InChI=1S/C21H21N9OS/c1-27-10-15(8-24-27)18-12-29-19(4-7-23-29)20(26-18)16-9-25-30(11-16)21(5-6-22)13-28(14-21)32(31)17-2-3-17/h4,7-12,17H,2-3,5,13-14H2,1H3. The molecule has 1 aliphatic heterocycles. The van der Waals surface area contributed by atoms with Gasteiger partial charge < -0.3 is 0 Å². The zero-order valence-corrected chi connectivity index (χ0v) is 18.3. The van der Waals surface area contributed by atoms with Crippen LogP contribution in [0.4, 0.5) is 0 Å². The molecule has 0 spiro atoms. The van der Waals surface area contributed by atoms with Crippen LogP contribution in [0.1, 0.15) is 19.3 Å². The topological polar surface area (TPSA) is 110 Å². The molecule has 162 valence electrons. The molecule has 0 N–H and O–H groups in total. The first-order valence-corrected chi connectivity index (χ1v) is 11.6. The number of nitrogens with zero attached hydrogens (tertiary/aromatic N) is 9. The summed E-state index contributed by atoms with van der Waals surface area (Å²) in [6.45, 7) is 1.13. The van der Waals surface area contributed by atoms with Crippen molar-refractivity contribution in [2.75, 3.05) is 13.1 Å². The summed E-state index contributed by atoms with van der Waals surface area (Å²) >= 11 is 0. The fourth-order valence-electron chi connectivity index (χ4n) is 4.24. The molecule has 0 radical (unpaired) electrons. The zero-order valence-electron chi connectivity index (χ0n) is 17.5. The van der Waals surface area contributed by atoms with E-state index in [1.165, 1.54) is 0 Å². The molecule has 6 rings (SSSR count). The van der Waals surface area contributed by atoms with Gasteiger partial charge in [-0.2, -0.15) is 20.6 Å². The van der Waals surface area contributed by atoms with E-state index < -0.39 is 16.5 Å². The zero-order chi connectivity index (χ0) is 21.9. The van der Waals surface area contributed by atoms with E-state index in [-0.39, 0.29) is 5.25 Å². The van der Waals surface area contributed by atoms with Crippen LogP contribution in [-0.4, -0.2) is 61.0 Å². The van der Waals surface area contributed by atoms with Crippen molar-refractivity contribution >= 4 is 16.5 Å². The highest BCUT2D eigenvalue weighted by atomic mass is 32.2. The Morgan fingerprint density at radius 3 is 2.69 bits per heavy atom. The third-order valence-electron chi connectivity index (χ3n) is 6.15. The maximum absolute atomic E-state index is 12.5. The van der Waals surface area contributed by atoms with Crippen LogP contribution in [-0.2, 0) is 23.6 Å². The second-order valence-corrected chi connectivity index (χ2v) is 10.3. The molecule has 1 saturated heterocycles. The Balaban J connectivity index is 1.37. The van der Waals surface area contributed by atoms with E-state index in [1.54, 1.807) is 27.8 Å². The van der Waals surface area contributed by atoms with Crippen molar-refractivity contribution in [3.8, 4) is 28.6 Å². The number of aryl methyl sites for hydroxylation is 1. The molecule has 0 bridgehead atoms. The molecule has 1 unspecified atom stereocenters. The molecule has 4 aromatic heterocycles. The van der Waals surface area contributed by atoms with Gasteiger partial charge in [-0.15, -0.1) is 0 Å². The number of hydrogen-bond donors (Lipinski definition) is 0. The molecule has 1 aliphatic carbocycles. The Morgan fingerprint density at radius 1 is 1.16 bits per heavy atom. The molecule has 1 saturated carbocycles. The van der Waals surface area contributed by atoms with E-state index in [0.717, 1.165) is 40.9 Å². The van der Waals surface area contributed by atoms with Crippen LogP contribution in [0.5, 0.6) is 0 Å². The summed E-state index contributed by atoms with van der Waals surface area (Å²) in [5.74, 6) is 0. The van der Waals surface area contributed by atoms with Crippen LogP contribution in [0.25, 0.3) is 28.0 Å². The van der Waals surface area contributed by atoms with Crippen molar-refractivity contribution < 1.29 is 4.21 Å². The first-order valence-electron chi connectivity index (χ1n) is 10.5. The van der Waals surface area contributed by atoms with Gasteiger partial charge in [0.25, 0.3) is 0 Å². The normalized spacial score (nSPS) is 19.0. The van der Waals surface area contributed by atoms with Gasteiger partial charge in [-0.1, -0.05) is 0 Å². The van der Waals surface area contributed by atoms with Crippen molar-refractivity contribution in [1.29, 1.82) is 5.26 Å². The molecule has 0 amide bonds. The van der Waals surface area contributed by atoms with Gasteiger partial charge in [0.2, 0.25) is 0 Å². The maximum atomic E-state index is 12.5. The Hall–Kier alpha value is -3.36.